The molecule has 114 valence electrons. The van der Waals surface area contributed by atoms with Crippen LogP contribution in [0.5, 0.6) is 0 Å². The summed E-state index contributed by atoms with van der Waals surface area (Å²) in [4.78, 5) is 12.8. The van der Waals surface area contributed by atoms with Crippen LogP contribution in [0.2, 0.25) is 0 Å². The van der Waals surface area contributed by atoms with Crippen LogP contribution >= 0.6 is 0 Å². The number of amides is 1. The highest BCUT2D eigenvalue weighted by Gasteiger charge is 2.28. The second kappa shape index (κ2) is 7.28. The van der Waals surface area contributed by atoms with E-state index in [2.05, 4.69) is 15.5 Å². The standard InChI is InChI=1S/C12H19F3N4O/c1-3-9-7-10(18-17-9)11(20)16-5-4-6-19(2)8-12(13,14)15/h7H,3-6,8H2,1-2H3,(H,16,20)(H,17,18). The molecule has 0 spiro atoms. The van der Waals surface area contributed by atoms with Crippen molar-refractivity contribution in [2.45, 2.75) is 25.9 Å². The molecule has 0 aliphatic rings. The summed E-state index contributed by atoms with van der Waals surface area (Å²) in [6, 6.07) is 1.66. The van der Waals surface area contributed by atoms with Gasteiger partial charge >= 0.3 is 6.18 Å². The predicted molar refractivity (Wildman–Crippen MR) is 68.5 cm³/mol. The quantitative estimate of drug-likeness (QED) is 0.750. The van der Waals surface area contributed by atoms with Crippen LogP contribution in [-0.2, 0) is 6.42 Å². The highest BCUT2D eigenvalue weighted by Crippen LogP contribution is 2.15. The number of aromatic amines is 1. The molecule has 2 N–H and O–H groups in total. The van der Waals surface area contributed by atoms with E-state index in [0.717, 1.165) is 12.1 Å². The fraction of sp³-hybridized carbons (Fsp3) is 0.667. The van der Waals surface area contributed by atoms with E-state index in [-0.39, 0.29) is 12.5 Å². The molecule has 0 fully saturated rings. The molecule has 0 aliphatic heterocycles. The number of aryl methyl sites for hydroxylation is 1. The van der Waals surface area contributed by atoms with E-state index in [1.165, 1.54) is 11.9 Å². The zero-order valence-corrected chi connectivity index (χ0v) is 11.5. The van der Waals surface area contributed by atoms with Gasteiger partial charge in [-0.05, 0) is 32.5 Å². The van der Waals surface area contributed by atoms with Crippen molar-refractivity contribution in [1.82, 2.24) is 20.4 Å². The summed E-state index contributed by atoms with van der Waals surface area (Å²) in [6.07, 6.45) is -2.99. The molecule has 1 rings (SSSR count). The molecular formula is C12H19F3N4O. The monoisotopic (exact) mass is 292 g/mol. The Labute approximate surface area is 115 Å². The fourth-order valence-electron chi connectivity index (χ4n) is 1.69. The van der Waals surface area contributed by atoms with Gasteiger partial charge in [-0.3, -0.25) is 14.8 Å². The van der Waals surface area contributed by atoms with Crippen LogP contribution in [0, 0.1) is 0 Å². The number of halogens is 3. The molecule has 8 heteroatoms. The number of H-pyrrole nitrogens is 1. The molecule has 0 aromatic carbocycles. The predicted octanol–water partition coefficient (Wildman–Crippen LogP) is 1.59. The normalized spacial score (nSPS) is 11.9. The van der Waals surface area contributed by atoms with Gasteiger partial charge < -0.3 is 5.32 Å². The summed E-state index contributed by atoms with van der Waals surface area (Å²) in [7, 11) is 1.40. The average Bonchev–Trinajstić information content (AvgIpc) is 2.81. The lowest BCUT2D eigenvalue weighted by atomic mass is 10.3. The molecule has 1 aromatic heterocycles. The first-order valence-corrected chi connectivity index (χ1v) is 6.39. The lowest BCUT2D eigenvalue weighted by Gasteiger charge is -2.18. The maximum Gasteiger partial charge on any atom is 0.401 e. The van der Waals surface area contributed by atoms with Crippen LogP contribution < -0.4 is 5.32 Å². The van der Waals surface area contributed by atoms with E-state index in [1.807, 2.05) is 6.92 Å². The van der Waals surface area contributed by atoms with Crippen molar-refractivity contribution < 1.29 is 18.0 Å². The van der Waals surface area contributed by atoms with Crippen molar-refractivity contribution >= 4 is 5.91 Å². The van der Waals surface area contributed by atoms with Crippen LogP contribution in [0.4, 0.5) is 13.2 Å². The number of aromatic nitrogens is 2. The van der Waals surface area contributed by atoms with E-state index < -0.39 is 12.7 Å². The molecule has 0 bridgehead atoms. The van der Waals surface area contributed by atoms with Crippen molar-refractivity contribution in [3.8, 4) is 0 Å². The summed E-state index contributed by atoms with van der Waals surface area (Å²) in [6.45, 7) is 1.57. The SMILES string of the molecule is CCc1cc(C(=O)NCCCN(C)CC(F)(F)F)n[nH]1. The summed E-state index contributed by atoms with van der Waals surface area (Å²) < 4.78 is 36.2. The van der Waals surface area contributed by atoms with Crippen LogP contribution in [0.1, 0.15) is 29.5 Å². The summed E-state index contributed by atoms with van der Waals surface area (Å²) in [5.74, 6) is -0.320. The molecule has 0 atom stereocenters. The Hall–Kier alpha value is -1.57. The van der Waals surface area contributed by atoms with E-state index >= 15 is 0 Å². The van der Waals surface area contributed by atoms with Gasteiger partial charge in [0, 0.05) is 12.2 Å². The zero-order chi connectivity index (χ0) is 15.2. The van der Waals surface area contributed by atoms with Gasteiger partial charge in [0.05, 0.1) is 6.54 Å². The van der Waals surface area contributed by atoms with Crippen LogP contribution in [0.3, 0.4) is 0 Å². The van der Waals surface area contributed by atoms with E-state index in [4.69, 9.17) is 0 Å². The zero-order valence-electron chi connectivity index (χ0n) is 11.5. The molecule has 0 radical (unpaired) electrons. The highest BCUT2D eigenvalue weighted by molar-refractivity contribution is 5.92. The first kappa shape index (κ1) is 16.5. The molecule has 1 heterocycles. The molecule has 0 unspecified atom stereocenters. The van der Waals surface area contributed by atoms with E-state index in [0.29, 0.717) is 18.7 Å². The van der Waals surface area contributed by atoms with Gasteiger partial charge in [0.2, 0.25) is 0 Å². The van der Waals surface area contributed by atoms with Crippen LogP contribution in [0.15, 0.2) is 6.07 Å². The number of hydrogen-bond acceptors (Lipinski definition) is 3. The second-order valence-corrected chi connectivity index (χ2v) is 4.59. The minimum absolute atomic E-state index is 0.264. The Kier molecular flexibility index (Phi) is 6.00. The van der Waals surface area contributed by atoms with Gasteiger partial charge in [0.1, 0.15) is 5.69 Å². The molecule has 1 aromatic rings. The van der Waals surface area contributed by atoms with Crippen molar-refractivity contribution in [1.29, 1.82) is 0 Å². The van der Waals surface area contributed by atoms with Gasteiger partial charge in [-0.1, -0.05) is 6.92 Å². The topological polar surface area (TPSA) is 61.0 Å². The maximum atomic E-state index is 12.1. The Morgan fingerprint density at radius 1 is 1.50 bits per heavy atom. The lowest BCUT2D eigenvalue weighted by molar-refractivity contribution is -0.143. The number of carbonyl (C=O) groups excluding carboxylic acids is 1. The largest absolute Gasteiger partial charge is 0.401 e. The smallest absolute Gasteiger partial charge is 0.351 e. The van der Waals surface area contributed by atoms with Crippen molar-refractivity contribution in [2.75, 3.05) is 26.7 Å². The third kappa shape index (κ3) is 6.05. The van der Waals surface area contributed by atoms with Gasteiger partial charge in [0.25, 0.3) is 5.91 Å². The molecule has 0 saturated heterocycles. The molecule has 1 amide bonds. The highest BCUT2D eigenvalue weighted by atomic mass is 19.4. The summed E-state index contributed by atoms with van der Waals surface area (Å²) in [5.41, 5.74) is 1.16. The minimum atomic E-state index is -4.19. The first-order chi connectivity index (χ1) is 9.31. The number of hydrogen-bond donors (Lipinski definition) is 2. The average molecular weight is 292 g/mol. The summed E-state index contributed by atoms with van der Waals surface area (Å²) >= 11 is 0. The van der Waals surface area contributed by atoms with Crippen LogP contribution in [0.25, 0.3) is 0 Å². The minimum Gasteiger partial charge on any atom is -0.351 e. The molecular weight excluding hydrogens is 273 g/mol. The van der Waals surface area contributed by atoms with Gasteiger partial charge in [-0.2, -0.15) is 18.3 Å². The lowest BCUT2D eigenvalue weighted by Crippen LogP contribution is -2.33. The van der Waals surface area contributed by atoms with Gasteiger partial charge in [-0.15, -0.1) is 0 Å². The van der Waals surface area contributed by atoms with Crippen molar-refractivity contribution in [3.63, 3.8) is 0 Å². The third-order valence-electron chi connectivity index (χ3n) is 2.70. The van der Waals surface area contributed by atoms with Gasteiger partial charge in [-0.25, -0.2) is 0 Å². The molecule has 0 saturated carbocycles. The molecule has 0 aliphatic carbocycles. The van der Waals surface area contributed by atoms with Crippen LogP contribution in [-0.4, -0.2) is 53.9 Å². The second-order valence-electron chi connectivity index (χ2n) is 4.59. The fourth-order valence-corrected chi connectivity index (χ4v) is 1.69. The van der Waals surface area contributed by atoms with Gasteiger partial charge in [0.15, 0.2) is 0 Å². The number of alkyl halides is 3. The Morgan fingerprint density at radius 2 is 2.20 bits per heavy atom. The van der Waals surface area contributed by atoms with E-state index in [9.17, 15) is 18.0 Å². The number of nitrogens with zero attached hydrogens (tertiary/aromatic N) is 2. The maximum absolute atomic E-state index is 12.1. The van der Waals surface area contributed by atoms with Crippen molar-refractivity contribution in [3.05, 3.63) is 17.5 Å². The first-order valence-electron chi connectivity index (χ1n) is 6.39. The Balaban J connectivity index is 2.22. The van der Waals surface area contributed by atoms with E-state index in [1.54, 1.807) is 6.07 Å². The molecule has 5 nitrogen and oxygen atoms in total. The molecule has 20 heavy (non-hydrogen) atoms. The summed E-state index contributed by atoms with van der Waals surface area (Å²) in [5, 5.41) is 9.20. The Morgan fingerprint density at radius 3 is 2.75 bits per heavy atom. The van der Waals surface area contributed by atoms with Crippen molar-refractivity contribution in [2.24, 2.45) is 0 Å². The number of carbonyl (C=O) groups is 1. The number of rotatable bonds is 7. The number of nitrogens with one attached hydrogen (secondary N) is 2. The third-order valence-corrected chi connectivity index (χ3v) is 2.70. The Bertz CT molecular complexity index is 431.